The zero-order valence-electron chi connectivity index (χ0n) is 22.6. The molecule has 2 aromatic carbocycles. The Kier molecular flexibility index (Phi) is 8.02. The molecule has 0 fully saturated rings. The van der Waals surface area contributed by atoms with E-state index in [1.165, 1.54) is 4.90 Å². The van der Waals surface area contributed by atoms with E-state index in [2.05, 4.69) is 28.5 Å². The second kappa shape index (κ2) is 11.8. The minimum absolute atomic E-state index is 0.0175. The molecule has 1 atom stereocenters. The molecule has 0 radical (unpaired) electrons. The Morgan fingerprint density at radius 1 is 1.07 bits per heavy atom. The number of nitrogens with zero attached hydrogens (tertiary/aromatic N) is 3. The average Bonchev–Trinajstić information content (AvgIpc) is 3.36. The van der Waals surface area contributed by atoms with Crippen molar-refractivity contribution in [2.45, 2.75) is 26.3 Å². The number of hydrogen-bond donors (Lipinski definition) is 3. The number of primary amides is 1. The molecule has 12 heteroatoms. The van der Waals surface area contributed by atoms with E-state index in [9.17, 15) is 14.4 Å². The number of amides is 3. The molecule has 1 aliphatic rings. The highest BCUT2D eigenvalue weighted by molar-refractivity contribution is 7.09. The van der Waals surface area contributed by atoms with E-state index in [-0.39, 0.29) is 16.3 Å². The topological polar surface area (TPSA) is 163 Å². The Hall–Kier alpha value is -4.71. The van der Waals surface area contributed by atoms with Gasteiger partial charge in [-0.3, -0.25) is 24.3 Å². The van der Waals surface area contributed by atoms with Crippen molar-refractivity contribution in [3.8, 4) is 11.5 Å². The molecule has 1 aliphatic heterocycles. The minimum Gasteiger partial charge on any atom is -0.486 e. The highest BCUT2D eigenvalue weighted by Gasteiger charge is 2.36. The van der Waals surface area contributed by atoms with Gasteiger partial charge in [0.05, 0.1) is 11.2 Å². The first-order valence-electron chi connectivity index (χ1n) is 13.1. The third-order valence-corrected chi connectivity index (χ3v) is 7.50. The highest BCUT2D eigenvalue weighted by atomic mass is 32.1. The van der Waals surface area contributed by atoms with E-state index in [0.29, 0.717) is 48.4 Å². The maximum Gasteiger partial charge on any atom is 0.273 e. The third kappa shape index (κ3) is 5.78. The van der Waals surface area contributed by atoms with Crippen molar-refractivity contribution in [3.63, 3.8) is 0 Å². The third-order valence-electron chi connectivity index (χ3n) is 6.65. The van der Waals surface area contributed by atoms with Crippen LogP contribution in [0.1, 0.15) is 52.0 Å². The van der Waals surface area contributed by atoms with Gasteiger partial charge in [0, 0.05) is 29.9 Å². The fraction of sp³-hybridized carbons (Fsp3) is 0.276. The Bertz CT molecular complexity index is 1620. The van der Waals surface area contributed by atoms with Crippen LogP contribution in [0.15, 0.2) is 54.7 Å². The first-order valence-corrected chi connectivity index (χ1v) is 13.9. The van der Waals surface area contributed by atoms with Gasteiger partial charge < -0.3 is 26.3 Å². The maximum absolute atomic E-state index is 14.3. The fourth-order valence-electron chi connectivity index (χ4n) is 4.57. The van der Waals surface area contributed by atoms with Gasteiger partial charge in [0.25, 0.3) is 11.8 Å². The van der Waals surface area contributed by atoms with Crippen LogP contribution in [0, 0.1) is 5.92 Å². The van der Waals surface area contributed by atoms with Crippen molar-refractivity contribution >= 4 is 51.5 Å². The lowest BCUT2D eigenvalue weighted by atomic mass is 10.00. The number of benzene rings is 2. The smallest absolute Gasteiger partial charge is 0.273 e. The van der Waals surface area contributed by atoms with Crippen molar-refractivity contribution in [3.05, 3.63) is 70.9 Å². The van der Waals surface area contributed by atoms with Crippen molar-refractivity contribution in [2.75, 3.05) is 30.4 Å². The molecule has 0 saturated heterocycles. The van der Waals surface area contributed by atoms with Crippen LogP contribution in [0.4, 0.5) is 11.4 Å². The molecule has 0 bridgehead atoms. The van der Waals surface area contributed by atoms with Gasteiger partial charge in [-0.2, -0.15) is 4.37 Å². The van der Waals surface area contributed by atoms with Crippen LogP contribution in [-0.4, -0.2) is 46.8 Å². The van der Waals surface area contributed by atoms with Crippen LogP contribution in [0.2, 0.25) is 0 Å². The molecule has 0 saturated carbocycles. The van der Waals surface area contributed by atoms with Crippen LogP contribution >= 0.6 is 11.5 Å². The summed E-state index contributed by atoms with van der Waals surface area (Å²) < 4.78 is 15.5. The largest absolute Gasteiger partial charge is 0.486 e. The molecular formula is C29H30N6O5S. The SMILES string of the molecule is CC(C)CCNC(=O)[C@H](c1ccc2ncccc2c1)N(C(=O)c1snc(C(N)=O)c1N)c1ccc2c(c1)OCCO2. The predicted octanol–water partition coefficient (Wildman–Crippen LogP) is 3.69. The second-order valence-corrected chi connectivity index (χ2v) is 10.7. The van der Waals surface area contributed by atoms with E-state index >= 15 is 0 Å². The lowest BCUT2D eigenvalue weighted by Gasteiger charge is -2.32. The summed E-state index contributed by atoms with van der Waals surface area (Å²) in [6, 6.07) is 13.0. The van der Waals surface area contributed by atoms with Gasteiger partial charge in [0.2, 0.25) is 5.91 Å². The molecule has 3 amide bonds. The normalized spacial score (nSPS) is 13.1. The molecule has 4 aromatic rings. The Morgan fingerprint density at radius 2 is 1.85 bits per heavy atom. The molecule has 41 heavy (non-hydrogen) atoms. The van der Waals surface area contributed by atoms with E-state index in [4.69, 9.17) is 20.9 Å². The van der Waals surface area contributed by atoms with E-state index < -0.39 is 23.8 Å². The number of nitrogen functional groups attached to an aromatic ring is 1. The number of ether oxygens (including phenoxy) is 2. The number of fused-ring (bicyclic) bond motifs is 2. The summed E-state index contributed by atoms with van der Waals surface area (Å²) in [5.41, 5.74) is 12.9. The average molecular weight is 575 g/mol. The van der Waals surface area contributed by atoms with Gasteiger partial charge in [-0.25, -0.2) is 0 Å². The quantitative estimate of drug-likeness (QED) is 0.273. The second-order valence-electron chi connectivity index (χ2n) is 9.97. The number of carbonyl (C=O) groups is 3. The fourth-order valence-corrected chi connectivity index (χ4v) is 5.31. The van der Waals surface area contributed by atoms with Gasteiger partial charge in [-0.1, -0.05) is 26.0 Å². The highest BCUT2D eigenvalue weighted by Crippen LogP contribution is 2.39. The van der Waals surface area contributed by atoms with Crippen LogP contribution < -0.4 is 31.2 Å². The molecule has 2 aromatic heterocycles. The first kappa shape index (κ1) is 27.8. The number of rotatable bonds is 9. The van der Waals surface area contributed by atoms with Crippen LogP contribution in [0.25, 0.3) is 10.9 Å². The standard InChI is InChI=1S/C29H30N6O5S/c1-16(2)9-11-33-28(37)25(18-5-7-20-17(14-18)4-3-10-32-20)35(19-6-8-21-22(15-19)40-13-12-39-21)29(38)26-23(30)24(27(31)36)34-41-26/h3-8,10,14-16,25H,9,11-13,30H2,1-2H3,(H2,31,36)(H,33,37)/t25-/m0/s1. The summed E-state index contributed by atoms with van der Waals surface area (Å²) in [5.74, 6) is -0.553. The number of hydrogen-bond acceptors (Lipinski definition) is 9. The Balaban J connectivity index is 1.67. The van der Waals surface area contributed by atoms with Crippen LogP contribution in [-0.2, 0) is 4.79 Å². The van der Waals surface area contributed by atoms with Gasteiger partial charge in [0.1, 0.15) is 24.1 Å². The zero-order valence-corrected chi connectivity index (χ0v) is 23.4. The van der Waals surface area contributed by atoms with Crippen LogP contribution in [0.3, 0.4) is 0 Å². The van der Waals surface area contributed by atoms with Gasteiger partial charge in [-0.05, 0) is 59.8 Å². The summed E-state index contributed by atoms with van der Waals surface area (Å²) in [7, 11) is 0. The number of carbonyl (C=O) groups excluding carboxylic acids is 3. The molecule has 212 valence electrons. The molecule has 0 spiro atoms. The summed E-state index contributed by atoms with van der Waals surface area (Å²) in [4.78, 5) is 45.9. The Morgan fingerprint density at radius 3 is 2.59 bits per heavy atom. The van der Waals surface area contributed by atoms with Crippen LogP contribution in [0.5, 0.6) is 11.5 Å². The van der Waals surface area contributed by atoms with E-state index in [1.807, 2.05) is 12.1 Å². The number of aromatic nitrogens is 2. The van der Waals surface area contributed by atoms with Gasteiger partial charge in [-0.15, -0.1) is 0 Å². The lowest BCUT2D eigenvalue weighted by Crippen LogP contribution is -2.44. The number of nitrogens with one attached hydrogen (secondary N) is 1. The first-order chi connectivity index (χ1) is 19.7. The number of anilines is 2. The van der Waals surface area contributed by atoms with E-state index in [0.717, 1.165) is 28.9 Å². The van der Waals surface area contributed by atoms with Crippen molar-refractivity contribution in [1.29, 1.82) is 0 Å². The van der Waals surface area contributed by atoms with Crippen molar-refractivity contribution < 1.29 is 23.9 Å². The molecule has 0 aliphatic carbocycles. The zero-order chi connectivity index (χ0) is 29.1. The number of nitrogens with two attached hydrogens (primary N) is 2. The van der Waals surface area contributed by atoms with Gasteiger partial charge >= 0.3 is 0 Å². The molecule has 5 rings (SSSR count). The summed E-state index contributed by atoms with van der Waals surface area (Å²) in [6.07, 6.45) is 2.44. The molecule has 5 N–H and O–H groups in total. The summed E-state index contributed by atoms with van der Waals surface area (Å²) in [5, 5.41) is 3.79. The molecule has 11 nitrogen and oxygen atoms in total. The summed E-state index contributed by atoms with van der Waals surface area (Å²) in [6.45, 7) is 5.28. The number of pyridine rings is 1. The minimum atomic E-state index is -1.12. The lowest BCUT2D eigenvalue weighted by molar-refractivity contribution is -0.122. The molecular weight excluding hydrogens is 544 g/mol. The molecule has 0 unspecified atom stereocenters. The Labute approximate surface area is 240 Å². The van der Waals surface area contributed by atoms with Crippen molar-refractivity contribution in [2.24, 2.45) is 11.7 Å². The van der Waals surface area contributed by atoms with Gasteiger partial charge in [0.15, 0.2) is 17.2 Å². The predicted molar refractivity (Wildman–Crippen MR) is 156 cm³/mol. The summed E-state index contributed by atoms with van der Waals surface area (Å²) >= 11 is 0.748. The molecule has 3 heterocycles. The maximum atomic E-state index is 14.3. The monoisotopic (exact) mass is 574 g/mol. The van der Waals surface area contributed by atoms with E-state index in [1.54, 1.807) is 42.6 Å². The van der Waals surface area contributed by atoms with Crippen molar-refractivity contribution in [1.82, 2.24) is 14.7 Å².